The van der Waals surface area contributed by atoms with Crippen LogP contribution in [0.25, 0.3) is 22.3 Å². The lowest BCUT2D eigenvalue weighted by atomic mass is 9.97. The Hall–Kier alpha value is -1.79. The fourth-order valence-electron chi connectivity index (χ4n) is 2.86. The average molecular weight is 466 g/mol. The molecule has 0 saturated carbocycles. The Morgan fingerprint density at radius 1 is 1.16 bits per heavy atom. The summed E-state index contributed by atoms with van der Waals surface area (Å²) in [5.41, 5.74) is 4.39. The molecule has 1 heterocycles. The highest BCUT2D eigenvalue weighted by atomic mass is 127. The van der Waals surface area contributed by atoms with Crippen molar-refractivity contribution in [3.05, 3.63) is 69.0 Å². The predicted molar refractivity (Wildman–Crippen MR) is 110 cm³/mol. The monoisotopic (exact) mass is 465 g/mol. The van der Waals surface area contributed by atoms with Crippen molar-refractivity contribution >= 4 is 40.2 Å². The Balaban J connectivity index is 2.27. The van der Waals surface area contributed by atoms with E-state index in [1.54, 1.807) is 0 Å². The Morgan fingerprint density at radius 2 is 1.88 bits per heavy atom. The van der Waals surface area contributed by atoms with Crippen LogP contribution in [0.1, 0.15) is 17.4 Å². The molecule has 1 aromatic heterocycles. The van der Waals surface area contributed by atoms with Gasteiger partial charge in [0, 0.05) is 33.0 Å². The van der Waals surface area contributed by atoms with Gasteiger partial charge in [0.05, 0.1) is 6.61 Å². The van der Waals surface area contributed by atoms with E-state index in [-0.39, 0.29) is 5.97 Å². The molecular formula is C20H17ClINO2. The van der Waals surface area contributed by atoms with E-state index in [9.17, 15) is 4.79 Å². The van der Waals surface area contributed by atoms with Crippen molar-refractivity contribution in [2.75, 3.05) is 6.61 Å². The highest BCUT2D eigenvalue weighted by Crippen LogP contribution is 2.37. The number of hydrogen-bond acceptors (Lipinski definition) is 2. The Morgan fingerprint density at radius 3 is 2.52 bits per heavy atom. The van der Waals surface area contributed by atoms with Crippen LogP contribution in [0.3, 0.4) is 0 Å². The molecule has 0 saturated heterocycles. The summed E-state index contributed by atoms with van der Waals surface area (Å²) in [6.45, 7) is 2.15. The first-order valence-electron chi connectivity index (χ1n) is 7.89. The molecule has 0 radical (unpaired) electrons. The number of ether oxygens (including phenoxy) is 1. The van der Waals surface area contributed by atoms with E-state index in [4.69, 9.17) is 16.3 Å². The smallest absolute Gasteiger partial charge is 0.355 e. The molecule has 2 aromatic carbocycles. The van der Waals surface area contributed by atoms with Crippen LogP contribution < -0.4 is 0 Å². The number of rotatable bonds is 4. The number of aryl methyl sites for hydroxylation is 1. The van der Waals surface area contributed by atoms with E-state index >= 15 is 0 Å². The summed E-state index contributed by atoms with van der Waals surface area (Å²) in [6.07, 6.45) is 1.96. The van der Waals surface area contributed by atoms with Crippen molar-refractivity contribution in [1.29, 1.82) is 0 Å². The summed E-state index contributed by atoms with van der Waals surface area (Å²) in [5.74, 6) is -0.320. The molecule has 25 heavy (non-hydrogen) atoms. The Bertz CT molecular complexity index is 916. The van der Waals surface area contributed by atoms with Crippen LogP contribution in [-0.4, -0.2) is 17.1 Å². The maximum absolute atomic E-state index is 12.6. The molecular weight excluding hydrogens is 449 g/mol. The highest BCUT2D eigenvalue weighted by Gasteiger charge is 2.23. The minimum Gasteiger partial charge on any atom is -0.461 e. The highest BCUT2D eigenvalue weighted by molar-refractivity contribution is 14.1. The number of carbonyl (C=O) groups excluding carboxylic acids is 1. The van der Waals surface area contributed by atoms with E-state index in [1.165, 1.54) is 0 Å². The van der Waals surface area contributed by atoms with E-state index < -0.39 is 0 Å². The van der Waals surface area contributed by atoms with Gasteiger partial charge < -0.3 is 9.30 Å². The van der Waals surface area contributed by atoms with Gasteiger partial charge in [-0.15, -0.1) is 0 Å². The Labute approximate surface area is 165 Å². The van der Waals surface area contributed by atoms with Crippen LogP contribution in [-0.2, 0) is 11.8 Å². The number of carbonyl (C=O) groups is 1. The molecule has 0 amide bonds. The number of nitrogens with zero attached hydrogens (tertiary/aromatic N) is 1. The second-order valence-electron chi connectivity index (χ2n) is 5.61. The van der Waals surface area contributed by atoms with E-state index in [1.807, 2.05) is 67.2 Å². The van der Waals surface area contributed by atoms with Crippen molar-refractivity contribution < 1.29 is 9.53 Å². The summed E-state index contributed by atoms with van der Waals surface area (Å²) in [4.78, 5) is 12.6. The summed E-state index contributed by atoms with van der Waals surface area (Å²) >= 11 is 8.30. The van der Waals surface area contributed by atoms with Gasteiger partial charge in [-0.1, -0.05) is 35.9 Å². The molecule has 128 valence electrons. The second-order valence-corrected chi connectivity index (χ2v) is 7.30. The molecule has 3 nitrogen and oxygen atoms in total. The maximum atomic E-state index is 12.6. The van der Waals surface area contributed by atoms with Gasteiger partial charge in [0.25, 0.3) is 0 Å². The summed E-state index contributed by atoms with van der Waals surface area (Å²) in [7, 11) is 1.86. The zero-order valence-corrected chi connectivity index (χ0v) is 16.8. The molecule has 3 aromatic rings. The largest absolute Gasteiger partial charge is 0.461 e. The number of halogens is 2. The van der Waals surface area contributed by atoms with Crippen molar-refractivity contribution in [3.8, 4) is 22.3 Å². The number of aromatic nitrogens is 1. The lowest BCUT2D eigenvalue weighted by molar-refractivity contribution is 0.0516. The Kier molecular flexibility index (Phi) is 5.49. The lowest BCUT2D eigenvalue weighted by Crippen LogP contribution is -2.10. The number of benzene rings is 2. The summed E-state index contributed by atoms with van der Waals surface area (Å²) in [6, 6.07) is 15.7. The molecule has 0 aliphatic heterocycles. The second kappa shape index (κ2) is 7.62. The minimum absolute atomic E-state index is 0.320. The van der Waals surface area contributed by atoms with Gasteiger partial charge >= 0.3 is 5.97 Å². The number of esters is 1. The van der Waals surface area contributed by atoms with Gasteiger partial charge in [0.2, 0.25) is 0 Å². The molecule has 3 rings (SSSR count). The van der Waals surface area contributed by atoms with Crippen molar-refractivity contribution in [2.24, 2.45) is 7.05 Å². The minimum atomic E-state index is -0.320. The van der Waals surface area contributed by atoms with Crippen LogP contribution in [0.15, 0.2) is 54.7 Å². The SMILES string of the molecule is CCOC(=O)c1c(-c2cccc(I)c2)c(-c2ccc(Cl)cc2)cn1C. The zero-order chi connectivity index (χ0) is 18.0. The third kappa shape index (κ3) is 3.75. The summed E-state index contributed by atoms with van der Waals surface area (Å²) in [5, 5.41) is 0.682. The van der Waals surface area contributed by atoms with Gasteiger partial charge in [-0.25, -0.2) is 4.79 Å². The molecule has 5 heteroatoms. The number of hydrogen-bond donors (Lipinski definition) is 0. The third-order valence-electron chi connectivity index (χ3n) is 3.92. The van der Waals surface area contributed by atoms with Gasteiger partial charge in [-0.3, -0.25) is 0 Å². The average Bonchev–Trinajstić information content (AvgIpc) is 2.93. The molecule has 0 spiro atoms. The topological polar surface area (TPSA) is 31.2 Å². The molecule has 0 unspecified atom stereocenters. The van der Waals surface area contributed by atoms with Crippen LogP contribution >= 0.6 is 34.2 Å². The van der Waals surface area contributed by atoms with Gasteiger partial charge in [0.15, 0.2) is 0 Å². The van der Waals surface area contributed by atoms with Crippen LogP contribution in [0.5, 0.6) is 0 Å². The quantitative estimate of drug-likeness (QED) is 0.360. The molecule has 0 fully saturated rings. The van der Waals surface area contributed by atoms with Crippen molar-refractivity contribution in [3.63, 3.8) is 0 Å². The van der Waals surface area contributed by atoms with Crippen LogP contribution in [0.2, 0.25) is 5.02 Å². The first-order chi connectivity index (χ1) is 12.0. The fraction of sp³-hybridized carbons (Fsp3) is 0.150. The molecule has 0 atom stereocenters. The van der Waals surface area contributed by atoms with Crippen LogP contribution in [0, 0.1) is 3.57 Å². The standard InChI is InChI=1S/C20H17ClINO2/c1-3-25-20(24)19-18(14-5-4-6-16(22)11-14)17(12-23(19)2)13-7-9-15(21)10-8-13/h4-12H,3H2,1-2H3. The lowest BCUT2D eigenvalue weighted by Gasteiger charge is -2.10. The predicted octanol–water partition coefficient (Wildman–Crippen LogP) is 5.79. The van der Waals surface area contributed by atoms with E-state index in [0.717, 1.165) is 25.8 Å². The molecule has 0 aliphatic carbocycles. The molecule has 0 N–H and O–H groups in total. The van der Waals surface area contributed by atoms with E-state index in [0.29, 0.717) is 17.3 Å². The first-order valence-corrected chi connectivity index (χ1v) is 9.35. The van der Waals surface area contributed by atoms with Crippen molar-refractivity contribution in [1.82, 2.24) is 4.57 Å². The van der Waals surface area contributed by atoms with E-state index in [2.05, 4.69) is 28.7 Å². The maximum Gasteiger partial charge on any atom is 0.355 e. The van der Waals surface area contributed by atoms with Crippen LogP contribution in [0.4, 0.5) is 0 Å². The molecule has 0 bridgehead atoms. The third-order valence-corrected chi connectivity index (χ3v) is 4.84. The summed E-state index contributed by atoms with van der Waals surface area (Å²) < 4.78 is 8.22. The molecule has 0 aliphatic rings. The van der Waals surface area contributed by atoms with Crippen molar-refractivity contribution in [2.45, 2.75) is 6.92 Å². The van der Waals surface area contributed by atoms with Gasteiger partial charge in [-0.05, 0) is 64.9 Å². The van der Waals surface area contributed by atoms with Gasteiger partial charge in [0.1, 0.15) is 5.69 Å². The zero-order valence-electron chi connectivity index (χ0n) is 13.9. The first kappa shape index (κ1) is 18.0. The fourth-order valence-corrected chi connectivity index (χ4v) is 3.53. The normalized spacial score (nSPS) is 10.7. The van der Waals surface area contributed by atoms with Gasteiger partial charge in [-0.2, -0.15) is 0 Å².